The second-order valence-electron chi connectivity index (χ2n) is 10.6. The van der Waals surface area contributed by atoms with Crippen molar-refractivity contribution < 1.29 is 13.8 Å². The van der Waals surface area contributed by atoms with Gasteiger partial charge < -0.3 is 16.0 Å². The summed E-state index contributed by atoms with van der Waals surface area (Å²) in [4.78, 5) is 27.6. The minimum atomic E-state index is -2.85. The first-order chi connectivity index (χ1) is 18.3. The van der Waals surface area contributed by atoms with E-state index in [4.69, 9.17) is 4.78 Å². The van der Waals surface area contributed by atoms with E-state index < -0.39 is 9.73 Å². The van der Waals surface area contributed by atoms with Gasteiger partial charge in [-0.15, -0.1) is 21.5 Å². The van der Waals surface area contributed by atoms with Gasteiger partial charge in [-0.1, -0.05) is 6.07 Å². The van der Waals surface area contributed by atoms with Crippen molar-refractivity contribution in [2.45, 2.75) is 55.9 Å². The Morgan fingerprint density at radius 2 is 2.03 bits per heavy atom. The zero-order valence-corrected chi connectivity index (χ0v) is 22.8. The molecule has 2 atom stereocenters. The van der Waals surface area contributed by atoms with E-state index >= 15 is 0 Å². The van der Waals surface area contributed by atoms with Gasteiger partial charge in [-0.05, 0) is 74.6 Å². The molecular formula is C26H31N7O3S2. The van der Waals surface area contributed by atoms with E-state index in [9.17, 15) is 13.8 Å². The molecule has 200 valence electrons. The van der Waals surface area contributed by atoms with Gasteiger partial charge >= 0.3 is 0 Å². The lowest BCUT2D eigenvalue weighted by Crippen LogP contribution is -2.28. The minimum Gasteiger partial charge on any atom is -0.352 e. The Morgan fingerprint density at radius 3 is 2.76 bits per heavy atom. The predicted molar refractivity (Wildman–Crippen MR) is 147 cm³/mol. The Bertz CT molecular complexity index is 1500. The average molecular weight is 554 g/mol. The number of thiophene rings is 1. The molecule has 38 heavy (non-hydrogen) atoms. The van der Waals surface area contributed by atoms with Gasteiger partial charge in [-0.25, -0.2) is 8.99 Å². The third-order valence-corrected chi connectivity index (χ3v) is 9.76. The quantitative estimate of drug-likeness (QED) is 0.311. The SMILES string of the molecule is CS(=N)(=O)c1cccc(Nc2nncn2[C@H]2CCc3sc(NC(=O)C4CC4)c(C(=O)NCC4CC4)c3C2)c1. The number of hydrogen-bond acceptors (Lipinski definition) is 8. The molecule has 2 amide bonds. The van der Waals surface area contributed by atoms with Gasteiger partial charge in [-0.3, -0.25) is 14.2 Å². The smallest absolute Gasteiger partial charge is 0.254 e. The molecular weight excluding hydrogens is 522 g/mol. The van der Waals surface area contributed by atoms with E-state index in [1.807, 2.05) is 10.6 Å². The summed E-state index contributed by atoms with van der Waals surface area (Å²) in [7, 11) is -2.85. The summed E-state index contributed by atoms with van der Waals surface area (Å²) < 4.78 is 22.1. The molecule has 3 aromatic rings. The highest BCUT2D eigenvalue weighted by atomic mass is 32.2. The number of nitrogens with one attached hydrogen (secondary N) is 4. The maximum Gasteiger partial charge on any atom is 0.254 e. The average Bonchev–Trinajstić information content (AvgIpc) is 3.81. The van der Waals surface area contributed by atoms with Gasteiger partial charge in [0.2, 0.25) is 11.9 Å². The third-order valence-electron chi connectivity index (χ3n) is 7.40. The van der Waals surface area contributed by atoms with Gasteiger partial charge in [-0.2, -0.15) is 0 Å². The van der Waals surface area contributed by atoms with Crippen LogP contribution in [0.4, 0.5) is 16.6 Å². The number of rotatable bonds is 9. The van der Waals surface area contributed by atoms with Crippen LogP contribution in [-0.2, 0) is 27.4 Å². The zero-order chi connectivity index (χ0) is 26.4. The van der Waals surface area contributed by atoms with Crippen molar-refractivity contribution in [2.75, 3.05) is 23.4 Å². The van der Waals surface area contributed by atoms with E-state index in [0.29, 0.717) is 46.0 Å². The molecule has 0 saturated heterocycles. The lowest BCUT2D eigenvalue weighted by molar-refractivity contribution is -0.117. The van der Waals surface area contributed by atoms with Crippen LogP contribution < -0.4 is 16.0 Å². The van der Waals surface area contributed by atoms with Gasteiger partial charge in [0.25, 0.3) is 5.91 Å². The van der Waals surface area contributed by atoms with Crippen LogP contribution >= 0.6 is 11.3 Å². The van der Waals surface area contributed by atoms with Crippen molar-refractivity contribution in [3.05, 3.63) is 46.6 Å². The summed E-state index contributed by atoms with van der Waals surface area (Å²) in [5, 5.41) is 18.5. The highest BCUT2D eigenvalue weighted by Gasteiger charge is 2.35. The summed E-state index contributed by atoms with van der Waals surface area (Å²) >= 11 is 1.53. The largest absolute Gasteiger partial charge is 0.352 e. The predicted octanol–water partition coefficient (Wildman–Crippen LogP) is 4.34. The lowest BCUT2D eigenvalue weighted by Gasteiger charge is -2.25. The molecule has 1 unspecified atom stereocenters. The third kappa shape index (κ3) is 5.32. The number of aromatic nitrogens is 3. The first-order valence-corrected chi connectivity index (χ1v) is 15.8. The molecule has 6 rings (SSSR count). The molecule has 2 aromatic heterocycles. The van der Waals surface area contributed by atoms with Crippen molar-refractivity contribution in [3.63, 3.8) is 0 Å². The van der Waals surface area contributed by atoms with Gasteiger partial charge in [0.05, 0.1) is 15.3 Å². The van der Waals surface area contributed by atoms with Crippen molar-refractivity contribution in [3.8, 4) is 0 Å². The Hall–Kier alpha value is -3.25. The summed E-state index contributed by atoms with van der Waals surface area (Å²) in [5.41, 5.74) is 2.27. The topological polar surface area (TPSA) is 142 Å². The fourth-order valence-electron chi connectivity index (χ4n) is 4.88. The van der Waals surface area contributed by atoms with Crippen molar-refractivity contribution in [1.29, 1.82) is 4.78 Å². The normalized spacial score (nSPS) is 20.3. The zero-order valence-electron chi connectivity index (χ0n) is 21.2. The van der Waals surface area contributed by atoms with Crippen molar-refractivity contribution >= 4 is 49.5 Å². The minimum absolute atomic E-state index is 0.00705. The first-order valence-electron chi connectivity index (χ1n) is 13.0. The van der Waals surface area contributed by atoms with Crippen LogP contribution in [0.15, 0.2) is 35.5 Å². The Labute approximate surface area is 225 Å². The number of hydrogen-bond donors (Lipinski definition) is 4. The second kappa shape index (κ2) is 9.81. The Kier molecular flexibility index (Phi) is 6.47. The molecule has 0 spiro atoms. The molecule has 2 heterocycles. The highest BCUT2D eigenvalue weighted by Crippen LogP contribution is 2.43. The number of nitrogens with zero attached hydrogens (tertiary/aromatic N) is 3. The van der Waals surface area contributed by atoms with Crippen molar-refractivity contribution in [1.82, 2.24) is 20.1 Å². The maximum absolute atomic E-state index is 13.4. The van der Waals surface area contributed by atoms with Crippen LogP contribution in [0.2, 0.25) is 0 Å². The fourth-order valence-corrected chi connectivity index (χ4v) is 6.82. The number of amides is 2. The van der Waals surface area contributed by atoms with Gasteiger partial charge in [0.15, 0.2) is 0 Å². The molecule has 3 aliphatic carbocycles. The lowest BCUT2D eigenvalue weighted by atomic mass is 9.91. The number of benzene rings is 1. The highest BCUT2D eigenvalue weighted by molar-refractivity contribution is 7.91. The molecule has 10 nitrogen and oxygen atoms in total. The van der Waals surface area contributed by atoms with Crippen LogP contribution in [0.1, 0.15) is 58.9 Å². The number of carbonyl (C=O) groups excluding carboxylic acids is 2. The first kappa shape index (κ1) is 25.1. The molecule has 1 aromatic carbocycles. The summed E-state index contributed by atoms with van der Waals surface area (Å²) in [6, 6.07) is 7.00. The van der Waals surface area contributed by atoms with Crippen molar-refractivity contribution in [2.24, 2.45) is 11.8 Å². The molecule has 0 bridgehead atoms. The standard InChI is InChI=1S/C26H31N7O3S2/c1-38(27,36)19-4-2-3-17(11-19)30-26-32-29-14-33(26)18-9-10-21-20(12-18)22(24(35)28-13-15-5-6-15)25(37-21)31-23(34)16-7-8-16/h2-4,11,14-16,18,27H,5-10,12-13H2,1H3,(H,28,35)(H,30,32)(H,31,34)/t18-,38?/m0/s1. The second-order valence-corrected chi connectivity index (χ2v) is 13.8. The molecule has 4 N–H and O–H groups in total. The molecule has 0 radical (unpaired) electrons. The van der Waals surface area contributed by atoms with Crippen LogP contribution in [0.25, 0.3) is 0 Å². The molecule has 3 aliphatic rings. The fraction of sp³-hybridized carbons (Fsp3) is 0.462. The van der Waals surface area contributed by atoms with Crippen LogP contribution in [0, 0.1) is 16.6 Å². The summed E-state index contributed by atoms with van der Waals surface area (Å²) in [6.07, 6.45) is 9.46. The number of aryl methyl sites for hydroxylation is 1. The monoisotopic (exact) mass is 553 g/mol. The number of anilines is 3. The van der Waals surface area contributed by atoms with E-state index in [1.165, 1.54) is 17.6 Å². The molecule has 0 aliphatic heterocycles. The Morgan fingerprint density at radius 1 is 1.21 bits per heavy atom. The molecule has 2 saturated carbocycles. The van der Waals surface area contributed by atoms with Gasteiger partial charge in [0.1, 0.15) is 11.3 Å². The molecule has 2 fully saturated rings. The van der Waals surface area contributed by atoms with E-state index in [-0.39, 0.29) is 23.8 Å². The summed E-state index contributed by atoms with van der Waals surface area (Å²) in [6.45, 7) is 0.671. The van der Waals surface area contributed by atoms with E-state index in [2.05, 4.69) is 26.1 Å². The number of carbonyl (C=O) groups is 2. The van der Waals surface area contributed by atoms with Crippen LogP contribution in [-0.4, -0.2) is 43.6 Å². The van der Waals surface area contributed by atoms with Crippen LogP contribution in [0.5, 0.6) is 0 Å². The summed E-state index contributed by atoms with van der Waals surface area (Å²) in [5.74, 6) is 1.06. The van der Waals surface area contributed by atoms with E-state index in [1.54, 1.807) is 24.5 Å². The van der Waals surface area contributed by atoms with E-state index in [0.717, 1.165) is 49.0 Å². The number of fused-ring (bicyclic) bond motifs is 1. The Balaban J connectivity index is 1.26. The maximum atomic E-state index is 13.4. The van der Waals surface area contributed by atoms with Crippen LogP contribution in [0.3, 0.4) is 0 Å². The molecule has 12 heteroatoms. The van der Waals surface area contributed by atoms with Gasteiger partial charge in [0, 0.05) is 40.2 Å².